The van der Waals surface area contributed by atoms with Crippen LogP contribution in [0.1, 0.15) is 24.5 Å². The molecule has 0 aliphatic carbocycles. The highest BCUT2D eigenvalue weighted by molar-refractivity contribution is 7.91. The Morgan fingerprint density at radius 1 is 1.42 bits per heavy atom. The van der Waals surface area contributed by atoms with E-state index in [-0.39, 0.29) is 12.2 Å². The predicted octanol–water partition coefficient (Wildman–Crippen LogP) is 2.51. The van der Waals surface area contributed by atoms with Crippen LogP contribution in [0.15, 0.2) is 18.2 Å². The summed E-state index contributed by atoms with van der Waals surface area (Å²) in [4.78, 5) is 11.1. The molecule has 0 saturated heterocycles. The van der Waals surface area contributed by atoms with Gasteiger partial charge in [-0.05, 0) is 31.0 Å². The number of esters is 1. The van der Waals surface area contributed by atoms with Crippen LogP contribution in [0.3, 0.4) is 0 Å². The van der Waals surface area contributed by atoms with Gasteiger partial charge >= 0.3 is 5.97 Å². The summed E-state index contributed by atoms with van der Waals surface area (Å²) >= 11 is 6.02. The molecule has 0 amide bonds. The number of ether oxygens (including phenoxy) is 1. The molecule has 4 nitrogen and oxygen atoms in total. The molecule has 1 atom stereocenters. The van der Waals surface area contributed by atoms with Crippen molar-refractivity contribution >= 4 is 27.4 Å². The SMILES string of the molecule is COC(=O)CC(C)S(=O)(=O)Cc1ccc(C)cc1Cl. The van der Waals surface area contributed by atoms with E-state index < -0.39 is 21.1 Å². The molecular weight excluding hydrogens is 288 g/mol. The van der Waals surface area contributed by atoms with Gasteiger partial charge in [-0.2, -0.15) is 0 Å². The quantitative estimate of drug-likeness (QED) is 0.784. The van der Waals surface area contributed by atoms with Gasteiger partial charge in [0.2, 0.25) is 0 Å². The first-order valence-electron chi connectivity index (χ1n) is 5.79. The van der Waals surface area contributed by atoms with E-state index in [0.29, 0.717) is 10.6 Å². The van der Waals surface area contributed by atoms with Crippen molar-refractivity contribution < 1.29 is 17.9 Å². The number of halogens is 1. The molecule has 0 aromatic heterocycles. The zero-order valence-corrected chi connectivity index (χ0v) is 12.7. The molecule has 0 spiro atoms. The van der Waals surface area contributed by atoms with E-state index in [0.717, 1.165) is 5.56 Å². The van der Waals surface area contributed by atoms with Crippen molar-refractivity contribution in [3.8, 4) is 0 Å². The largest absolute Gasteiger partial charge is 0.469 e. The molecule has 0 N–H and O–H groups in total. The molecular formula is C13H17ClO4S. The number of sulfone groups is 1. The minimum atomic E-state index is -3.44. The summed E-state index contributed by atoms with van der Waals surface area (Å²) in [6, 6.07) is 5.22. The van der Waals surface area contributed by atoms with Gasteiger partial charge in [-0.25, -0.2) is 8.42 Å². The maximum atomic E-state index is 12.1. The van der Waals surface area contributed by atoms with Gasteiger partial charge in [0.05, 0.1) is 24.5 Å². The molecule has 19 heavy (non-hydrogen) atoms. The van der Waals surface area contributed by atoms with Crippen LogP contribution in [0.5, 0.6) is 0 Å². The Labute approximate surface area is 118 Å². The molecule has 1 unspecified atom stereocenters. The highest BCUT2D eigenvalue weighted by Crippen LogP contribution is 2.22. The van der Waals surface area contributed by atoms with Gasteiger partial charge in [0.25, 0.3) is 0 Å². The maximum absolute atomic E-state index is 12.1. The second-order valence-electron chi connectivity index (χ2n) is 4.49. The summed E-state index contributed by atoms with van der Waals surface area (Å²) in [5.74, 6) is -0.712. The highest BCUT2D eigenvalue weighted by Gasteiger charge is 2.25. The fourth-order valence-corrected chi connectivity index (χ4v) is 3.31. The van der Waals surface area contributed by atoms with Crippen molar-refractivity contribution in [3.05, 3.63) is 34.3 Å². The van der Waals surface area contributed by atoms with Crippen LogP contribution in [0, 0.1) is 6.92 Å². The predicted molar refractivity (Wildman–Crippen MR) is 74.9 cm³/mol. The van der Waals surface area contributed by atoms with Gasteiger partial charge in [0.15, 0.2) is 9.84 Å². The molecule has 1 rings (SSSR count). The van der Waals surface area contributed by atoms with Crippen LogP contribution < -0.4 is 0 Å². The number of hydrogen-bond acceptors (Lipinski definition) is 4. The summed E-state index contributed by atoms with van der Waals surface area (Å²) < 4.78 is 28.7. The van der Waals surface area contributed by atoms with Crippen molar-refractivity contribution in [2.24, 2.45) is 0 Å². The van der Waals surface area contributed by atoms with Crippen LogP contribution in [-0.4, -0.2) is 26.7 Å². The Bertz CT molecular complexity index is 566. The first-order valence-corrected chi connectivity index (χ1v) is 7.89. The number of benzene rings is 1. The molecule has 1 aromatic rings. The lowest BCUT2D eigenvalue weighted by molar-refractivity contribution is -0.140. The van der Waals surface area contributed by atoms with Crippen molar-refractivity contribution in [1.82, 2.24) is 0 Å². The van der Waals surface area contributed by atoms with Gasteiger partial charge < -0.3 is 4.74 Å². The minimum absolute atomic E-state index is 0.150. The standard InChI is InChI=1S/C13H17ClO4S/c1-9-4-5-11(12(14)6-9)8-19(16,17)10(2)7-13(15)18-3/h4-6,10H,7-8H2,1-3H3. The summed E-state index contributed by atoms with van der Waals surface area (Å²) in [5.41, 5.74) is 1.51. The van der Waals surface area contributed by atoms with Gasteiger partial charge in [-0.1, -0.05) is 23.7 Å². The molecule has 0 aliphatic heterocycles. The molecule has 0 radical (unpaired) electrons. The van der Waals surface area contributed by atoms with Crippen LogP contribution >= 0.6 is 11.6 Å². The topological polar surface area (TPSA) is 60.4 Å². The Morgan fingerprint density at radius 2 is 2.05 bits per heavy atom. The second-order valence-corrected chi connectivity index (χ2v) is 7.32. The van der Waals surface area contributed by atoms with E-state index in [2.05, 4.69) is 4.74 Å². The van der Waals surface area contributed by atoms with Gasteiger partial charge in [0.1, 0.15) is 0 Å². The van der Waals surface area contributed by atoms with Crippen LogP contribution in [-0.2, 0) is 25.1 Å². The average molecular weight is 305 g/mol. The number of hydrogen-bond donors (Lipinski definition) is 0. The summed E-state index contributed by atoms with van der Waals surface area (Å²) in [6.45, 7) is 3.37. The Kier molecular flexibility index (Phi) is 5.38. The maximum Gasteiger partial charge on any atom is 0.306 e. The first kappa shape index (κ1) is 16.0. The van der Waals surface area contributed by atoms with E-state index in [1.165, 1.54) is 14.0 Å². The Morgan fingerprint density at radius 3 is 2.58 bits per heavy atom. The fourth-order valence-electron chi connectivity index (χ4n) is 1.57. The lowest BCUT2D eigenvalue weighted by Crippen LogP contribution is -2.23. The van der Waals surface area contributed by atoms with Crippen molar-refractivity contribution in [3.63, 3.8) is 0 Å². The van der Waals surface area contributed by atoms with Gasteiger partial charge in [-0.3, -0.25) is 4.79 Å². The molecule has 0 heterocycles. The monoisotopic (exact) mass is 304 g/mol. The van der Waals surface area contributed by atoms with Crippen LogP contribution in [0.25, 0.3) is 0 Å². The summed E-state index contributed by atoms with van der Waals surface area (Å²) in [7, 11) is -2.20. The molecule has 106 valence electrons. The third kappa shape index (κ3) is 4.51. The van der Waals surface area contributed by atoms with Crippen molar-refractivity contribution in [2.75, 3.05) is 7.11 Å². The molecule has 6 heteroatoms. The highest BCUT2D eigenvalue weighted by atomic mass is 35.5. The van der Waals surface area contributed by atoms with E-state index in [1.807, 2.05) is 13.0 Å². The zero-order chi connectivity index (χ0) is 14.6. The van der Waals surface area contributed by atoms with Crippen LogP contribution in [0.4, 0.5) is 0 Å². The molecule has 0 fully saturated rings. The molecule has 1 aromatic carbocycles. The Balaban J connectivity index is 2.87. The van der Waals surface area contributed by atoms with E-state index in [1.54, 1.807) is 12.1 Å². The van der Waals surface area contributed by atoms with Crippen molar-refractivity contribution in [1.29, 1.82) is 0 Å². The molecule has 0 saturated carbocycles. The normalized spacial score (nSPS) is 13.1. The number of rotatable bonds is 5. The van der Waals surface area contributed by atoms with E-state index >= 15 is 0 Å². The first-order chi connectivity index (χ1) is 8.76. The number of aryl methyl sites for hydroxylation is 1. The molecule has 0 bridgehead atoms. The summed E-state index contributed by atoms with van der Waals surface area (Å²) in [6.07, 6.45) is -0.150. The summed E-state index contributed by atoms with van der Waals surface area (Å²) in [5, 5.41) is -0.369. The number of carbonyl (C=O) groups excluding carboxylic acids is 1. The number of carbonyl (C=O) groups is 1. The number of methoxy groups -OCH3 is 1. The lowest BCUT2D eigenvalue weighted by Gasteiger charge is -2.12. The van der Waals surface area contributed by atoms with Crippen molar-refractivity contribution in [2.45, 2.75) is 31.3 Å². The van der Waals surface area contributed by atoms with E-state index in [4.69, 9.17) is 11.6 Å². The fraction of sp³-hybridized carbons (Fsp3) is 0.462. The minimum Gasteiger partial charge on any atom is -0.469 e. The average Bonchev–Trinajstić information content (AvgIpc) is 2.32. The smallest absolute Gasteiger partial charge is 0.306 e. The molecule has 0 aliphatic rings. The van der Waals surface area contributed by atoms with Crippen LogP contribution in [0.2, 0.25) is 5.02 Å². The van der Waals surface area contributed by atoms with Gasteiger partial charge in [-0.15, -0.1) is 0 Å². The Hall–Kier alpha value is -1.07. The zero-order valence-electron chi connectivity index (χ0n) is 11.1. The third-order valence-electron chi connectivity index (χ3n) is 2.86. The van der Waals surface area contributed by atoms with Gasteiger partial charge in [0, 0.05) is 5.02 Å². The lowest BCUT2D eigenvalue weighted by atomic mass is 10.2. The third-order valence-corrected chi connectivity index (χ3v) is 5.32. The second kappa shape index (κ2) is 6.39. The van der Waals surface area contributed by atoms with E-state index in [9.17, 15) is 13.2 Å².